The first-order valence-electron chi connectivity index (χ1n) is 13.0. The van der Waals surface area contributed by atoms with Crippen molar-refractivity contribution in [1.29, 1.82) is 0 Å². The van der Waals surface area contributed by atoms with Crippen LogP contribution in [-0.4, -0.2) is 53.8 Å². The van der Waals surface area contributed by atoms with Gasteiger partial charge in [0.2, 0.25) is 5.91 Å². The molecule has 0 aromatic heterocycles. The quantitative estimate of drug-likeness (QED) is 0.274. The number of phenols is 1. The van der Waals surface area contributed by atoms with Gasteiger partial charge in [-0.15, -0.1) is 0 Å². The van der Waals surface area contributed by atoms with Crippen molar-refractivity contribution in [3.05, 3.63) is 95.6 Å². The van der Waals surface area contributed by atoms with Crippen molar-refractivity contribution in [2.45, 2.75) is 51.3 Å². The molecule has 41 heavy (non-hydrogen) atoms. The highest BCUT2D eigenvalue weighted by Crippen LogP contribution is 2.15. The average molecular weight is 562 g/mol. The Bertz CT molecular complexity index is 1350. The minimum absolute atomic E-state index is 0.0820. The van der Waals surface area contributed by atoms with E-state index in [4.69, 9.17) is 9.47 Å². The van der Waals surface area contributed by atoms with E-state index in [-0.39, 0.29) is 24.2 Å². The Hall–Kier alpha value is -4.86. The van der Waals surface area contributed by atoms with Crippen LogP contribution in [0.25, 0.3) is 0 Å². The lowest BCUT2D eigenvalue weighted by Crippen LogP contribution is -2.47. The lowest BCUT2D eigenvalue weighted by molar-refractivity contribution is -0.142. The minimum Gasteiger partial charge on any atom is -0.508 e. The van der Waals surface area contributed by atoms with Gasteiger partial charge >= 0.3 is 12.1 Å². The third-order valence-corrected chi connectivity index (χ3v) is 5.85. The molecule has 4 N–H and O–H groups in total. The fourth-order valence-corrected chi connectivity index (χ4v) is 3.92. The lowest BCUT2D eigenvalue weighted by Gasteiger charge is -2.23. The molecule has 0 aliphatic heterocycles. The molecule has 10 heteroatoms. The van der Waals surface area contributed by atoms with Crippen LogP contribution in [0.5, 0.6) is 5.75 Å². The summed E-state index contributed by atoms with van der Waals surface area (Å²) in [5, 5.41) is 17.6. The van der Waals surface area contributed by atoms with Crippen molar-refractivity contribution in [3.8, 4) is 5.75 Å². The summed E-state index contributed by atoms with van der Waals surface area (Å²) >= 11 is 0. The number of carbonyl (C=O) groups is 4. The highest BCUT2D eigenvalue weighted by molar-refractivity contribution is 6.00. The van der Waals surface area contributed by atoms with Gasteiger partial charge in [0.25, 0.3) is 5.91 Å². The summed E-state index contributed by atoms with van der Waals surface area (Å²) in [6.07, 6.45) is -0.374. The molecule has 3 amide bonds. The predicted molar refractivity (Wildman–Crippen MR) is 153 cm³/mol. The number of aromatic hydroxyl groups is 1. The molecule has 0 heterocycles. The molecule has 10 nitrogen and oxygen atoms in total. The first-order chi connectivity index (χ1) is 19.4. The Labute approximate surface area is 239 Å². The van der Waals surface area contributed by atoms with Crippen molar-refractivity contribution >= 4 is 29.6 Å². The van der Waals surface area contributed by atoms with Crippen LogP contribution in [-0.2, 0) is 31.9 Å². The number of benzene rings is 3. The van der Waals surface area contributed by atoms with E-state index in [0.717, 1.165) is 5.56 Å². The average Bonchev–Trinajstić information content (AvgIpc) is 2.92. The van der Waals surface area contributed by atoms with Gasteiger partial charge in [0.15, 0.2) is 0 Å². The van der Waals surface area contributed by atoms with E-state index < -0.39 is 41.6 Å². The van der Waals surface area contributed by atoms with Gasteiger partial charge in [-0.3, -0.25) is 9.59 Å². The molecule has 0 aliphatic rings. The van der Waals surface area contributed by atoms with E-state index in [1.165, 1.54) is 25.3 Å². The molecule has 0 radical (unpaired) electrons. The zero-order valence-corrected chi connectivity index (χ0v) is 23.5. The second kappa shape index (κ2) is 14.0. The van der Waals surface area contributed by atoms with Gasteiger partial charge < -0.3 is 30.5 Å². The number of alkyl carbamates (subject to hydrolysis) is 1. The zero-order valence-electron chi connectivity index (χ0n) is 23.5. The third-order valence-electron chi connectivity index (χ3n) is 5.85. The van der Waals surface area contributed by atoms with Crippen LogP contribution in [0.15, 0.2) is 78.9 Å². The first kappa shape index (κ1) is 30.7. The molecule has 3 aromatic rings. The van der Waals surface area contributed by atoms with Gasteiger partial charge in [-0.1, -0.05) is 48.5 Å². The van der Waals surface area contributed by atoms with Crippen molar-refractivity contribution in [2.24, 2.45) is 0 Å². The Balaban J connectivity index is 1.73. The number of ether oxygens (including phenoxy) is 2. The Morgan fingerprint density at radius 1 is 0.805 bits per heavy atom. The van der Waals surface area contributed by atoms with Crippen LogP contribution in [0.3, 0.4) is 0 Å². The molecular formula is C31H35N3O7. The SMILES string of the molecule is COC(=O)[C@H](Cc1ccc(O)cc1)NC(=O)c1cccc(NC(=O)[C@H](Cc2ccccc2)NC(=O)OC(C)(C)C)c1. The van der Waals surface area contributed by atoms with E-state index in [2.05, 4.69) is 16.0 Å². The van der Waals surface area contributed by atoms with E-state index in [9.17, 15) is 24.3 Å². The fourth-order valence-electron chi connectivity index (χ4n) is 3.92. The monoisotopic (exact) mass is 561 g/mol. The minimum atomic E-state index is -0.983. The number of nitrogens with one attached hydrogen (secondary N) is 3. The van der Waals surface area contributed by atoms with Crippen LogP contribution in [0, 0.1) is 0 Å². The summed E-state index contributed by atoms with van der Waals surface area (Å²) in [7, 11) is 1.23. The molecule has 0 aliphatic carbocycles. The highest BCUT2D eigenvalue weighted by Gasteiger charge is 2.26. The largest absolute Gasteiger partial charge is 0.508 e. The maximum atomic E-state index is 13.3. The van der Waals surface area contributed by atoms with E-state index in [0.29, 0.717) is 11.3 Å². The van der Waals surface area contributed by atoms with Gasteiger partial charge in [-0.25, -0.2) is 9.59 Å². The molecule has 216 valence electrons. The normalized spacial score (nSPS) is 12.4. The number of rotatable bonds is 10. The summed E-state index contributed by atoms with van der Waals surface area (Å²) in [6.45, 7) is 5.18. The molecule has 0 saturated heterocycles. The summed E-state index contributed by atoms with van der Waals surface area (Å²) in [6, 6.07) is 19.7. The third kappa shape index (κ3) is 9.99. The molecule has 0 saturated carbocycles. The van der Waals surface area contributed by atoms with Crippen molar-refractivity contribution in [3.63, 3.8) is 0 Å². The molecule has 3 rings (SSSR count). The Morgan fingerprint density at radius 2 is 1.44 bits per heavy atom. The van der Waals surface area contributed by atoms with Crippen molar-refractivity contribution < 1.29 is 33.8 Å². The fraction of sp³-hybridized carbons (Fsp3) is 0.290. The lowest BCUT2D eigenvalue weighted by atomic mass is 10.0. The van der Waals surface area contributed by atoms with Gasteiger partial charge in [-0.2, -0.15) is 0 Å². The van der Waals surface area contributed by atoms with Crippen LogP contribution in [0.4, 0.5) is 10.5 Å². The number of anilines is 1. The van der Waals surface area contributed by atoms with Crippen LogP contribution < -0.4 is 16.0 Å². The maximum Gasteiger partial charge on any atom is 0.408 e. The smallest absolute Gasteiger partial charge is 0.408 e. The van der Waals surface area contributed by atoms with E-state index in [1.54, 1.807) is 51.1 Å². The number of esters is 1. The van der Waals surface area contributed by atoms with Gasteiger partial charge in [0.1, 0.15) is 23.4 Å². The molecule has 0 fully saturated rings. The van der Waals surface area contributed by atoms with Crippen LogP contribution in [0.1, 0.15) is 42.3 Å². The Morgan fingerprint density at radius 3 is 2.07 bits per heavy atom. The second-order valence-electron chi connectivity index (χ2n) is 10.4. The summed E-state index contributed by atoms with van der Waals surface area (Å²) < 4.78 is 10.2. The topological polar surface area (TPSA) is 143 Å². The highest BCUT2D eigenvalue weighted by atomic mass is 16.6. The van der Waals surface area contributed by atoms with Crippen molar-refractivity contribution in [2.75, 3.05) is 12.4 Å². The Kier molecular flexibility index (Phi) is 10.5. The van der Waals surface area contributed by atoms with E-state index >= 15 is 0 Å². The molecule has 0 spiro atoms. The zero-order chi connectivity index (χ0) is 30.0. The van der Waals surface area contributed by atoms with E-state index in [1.807, 2.05) is 30.3 Å². The van der Waals surface area contributed by atoms with Gasteiger partial charge in [0.05, 0.1) is 7.11 Å². The number of hydrogen-bond donors (Lipinski definition) is 4. The number of phenolic OH excluding ortho intramolecular Hbond substituents is 1. The second-order valence-corrected chi connectivity index (χ2v) is 10.4. The molecule has 0 unspecified atom stereocenters. The predicted octanol–water partition coefficient (Wildman–Crippen LogP) is 3.98. The maximum absolute atomic E-state index is 13.3. The summed E-state index contributed by atoms with van der Waals surface area (Å²) in [5.41, 5.74) is 1.31. The standard InChI is InChI=1S/C31H35N3O7/c1-31(2,3)41-30(39)34-25(17-20-9-6-5-7-10-20)28(37)32-23-12-8-11-22(19-23)27(36)33-26(29(38)40-4)18-21-13-15-24(35)16-14-21/h5-16,19,25-26,35H,17-18H2,1-4H3,(H,32,37)(H,33,36)(H,34,39)/t25-,26-/m0/s1. The first-order valence-corrected chi connectivity index (χ1v) is 13.0. The summed E-state index contributed by atoms with van der Waals surface area (Å²) in [5.74, 6) is -1.61. The molecule has 3 aromatic carbocycles. The van der Waals surface area contributed by atoms with Gasteiger partial charge in [-0.05, 0) is 62.2 Å². The molecule has 2 atom stereocenters. The molecule has 0 bridgehead atoms. The van der Waals surface area contributed by atoms with Crippen LogP contribution >= 0.6 is 0 Å². The van der Waals surface area contributed by atoms with Gasteiger partial charge in [0, 0.05) is 24.1 Å². The summed E-state index contributed by atoms with van der Waals surface area (Å²) in [4.78, 5) is 51.2. The number of hydrogen-bond acceptors (Lipinski definition) is 7. The number of methoxy groups -OCH3 is 1. The molecular weight excluding hydrogens is 526 g/mol. The number of carbonyl (C=O) groups excluding carboxylic acids is 4. The number of amides is 3. The van der Waals surface area contributed by atoms with Crippen LogP contribution in [0.2, 0.25) is 0 Å². The van der Waals surface area contributed by atoms with Crippen molar-refractivity contribution in [1.82, 2.24) is 10.6 Å².